The highest BCUT2D eigenvalue weighted by Gasteiger charge is 2.02. The van der Waals surface area contributed by atoms with Crippen LogP contribution in [-0.4, -0.2) is 0 Å². The Morgan fingerprint density at radius 1 is 1.17 bits per heavy atom. The first-order chi connectivity index (χ1) is 8.54. The van der Waals surface area contributed by atoms with Crippen LogP contribution < -0.4 is 0 Å². The van der Waals surface area contributed by atoms with Gasteiger partial charge in [0.1, 0.15) is 0 Å². The Hall–Kier alpha value is -0.600. The summed E-state index contributed by atoms with van der Waals surface area (Å²) in [5.74, 6) is 0.699. The summed E-state index contributed by atoms with van der Waals surface area (Å²) in [6, 6.07) is 4.45. The summed E-state index contributed by atoms with van der Waals surface area (Å²) in [4.78, 5) is 3.05. The van der Waals surface area contributed by atoms with Crippen LogP contribution in [0, 0.1) is 13.8 Å². The fourth-order valence-corrected chi connectivity index (χ4v) is 3.77. The molecule has 2 heterocycles. The third-order valence-electron chi connectivity index (χ3n) is 2.71. The van der Waals surface area contributed by atoms with Gasteiger partial charge in [0.25, 0.3) is 0 Å². The fourth-order valence-electron chi connectivity index (χ4n) is 1.84. The monoisotopic (exact) mass is 280 g/mol. The van der Waals surface area contributed by atoms with Crippen molar-refractivity contribution in [2.45, 2.75) is 53.4 Å². The molecule has 0 aliphatic heterocycles. The molecule has 0 N–H and O–H groups in total. The molecule has 0 aliphatic rings. The Kier molecular flexibility index (Phi) is 6.66. The van der Waals surface area contributed by atoms with Crippen LogP contribution in [0.4, 0.5) is 0 Å². The highest BCUT2D eigenvalue weighted by molar-refractivity contribution is 7.10. The standard InChI is InChI=1S/2C8H12S/c1-6(2)8-7(3)4-5-9-8;1-3-4-8-5-7(2)6-9-8/h4-6H,1-3H3;5-6H,3-4H2,1-2H3. The molecule has 2 aromatic heterocycles. The van der Waals surface area contributed by atoms with Crippen molar-refractivity contribution < 1.29 is 0 Å². The van der Waals surface area contributed by atoms with Crippen LogP contribution in [0.3, 0.4) is 0 Å². The average molecular weight is 281 g/mol. The van der Waals surface area contributed by atoms with Crippen molar-refractivity contribution in [1.82, 2.24) is 0 Å². The van der Waals surface area contributed by atoms with Crippen molar-refractivity contribution in [3.63, 3.8) is 0 Å². The van der Waals surface area contributed by atoms with E-state index in [0.29, 0.717) is 5.92 Å². The Bertz CT molecular complexity index is 449. The topological polar surface area (TPSA) is 0 Å². The van der Waals surface area contributed by atoms with E-state index >= 15 is 0 Å². The highest BCUT2D eigenvalue weighted by atomic mass is 32.1. The van der Waals surface area contributed by atoms with Crippen LogP contribution in [0.15, 0.2) is 22.9 Å². The SMILES string of the molecule is CCCc1cc(C)cs1.Cc1ccsc1C(C)C. The van der Waals surface area contributed by atoms with Gasteiger partial charge >= 0.3 is 0 Å². The smallest absolute Gasteiger partial charge is 0.00998 e. The fraction of sp³-hybridized carbons (Fsp3) is 0.500. The number of rotatable bonds is 3. The van der Waals surface area contributed by atoms with Crippen LogP contribution >= 0.6 is 22.7 Å². The first-order valence-electron chi connectivity index (χ1n) is 6.62. The maximum Gasteiger partial charge on any atom is 0.00998 e. The van der Waals surface area contributed by atoms with Gasteiger partial charge in [-0.15, -0.1) is 22.7 Å². The molecule has 0 radical (unpaired) electrons. The molecule has 0 amide bonds. The summed E-state index contributed by atoms with van der Waals surface area (Å²) in [5.41, 5.74) is 2.85. The molecule has 0 saturated heterocycles. The van der Waals surface area contributed by atoms with Gasteiger partial charge in [0.15, 0.2) is 0 Å². The molecule has 0 nitrogen and oxygen atoms in total. The number of aryl methyl sites for hydroxylation is 3. The molecule has 0 aromatic carbocycles. The molecule has 18 heavy (non-hydrogen) atoms. The molecular formula is C16H24S2. The van der Waals surface area contributed by atoms with Gasteiger partial charge in [-0.05, 0) is 60.2 Å². The zero-order valence-electron chi connectivity index (χ0n) is 12.1. The van der Waals surface area contributed by atoms with Crippen LogP contribution in [0.25, 0.3) is 0 Å². The Labute approximate surface area is 120 Å². The molecule has 0 bridgehead atoms. The van der Waals surface area contributed by atoms with Gasteiger partial charge in [-0.1, -0.05) is 27.2 Å². The van der Waals surface area contributed by atoms with Gasteiger partial charge in [0.05, 0.1) is 0 Å². The van der Waals surface area contributed by atoms with Crippen molar-refractivity contribution in [1.29, 1.82) is 0 Å². The van der Waals surface area contributed by atoms with Crippen molar-refractivity contribution in [2.24, 2.45) is 0 Å². The Morgan fingerprint density at radius 3 is 2.22 bits per heavy atom. The summed E-state index contributed by atoms with van der Waals surface area (Å²) in [6.07, 6.45) is 2.51. The van der Waals surface area contributed by atoms with E-state index in [2.05, 4.69) is 57.5 Å². The normalized spacial score (nSPS) is 10.3. The van der Waals surface area contributed by atoms with E-state index in [-0.39, 0.29) is 0 Å². The first kappa shape index (κ1) is 15.5. The van der Waals surface area contributed by atoms with Crippen molar-refractivity contribution in [3.05, 3.63) is 43.8 Å². The van der Waals surface area contributed by atoms with Crippen LogP contribution in [0.5, 0.6) is 0 Å². The van der Waals surface area contributed by atoms with Crippen LogP contribution in [0.1, 0.15) is 54.0 Å². The lowest BCUT2D eigenvalue weighted by Gasteiger charge is -2.00. The summed E-state index contributed by atoms with van der Waals surface area (Å²) in [5, 5.41) is 4.37. The van der Waals surface area contributed by atoms with Crippen molar-refractivity contribution in [2.75, 3.05) is 0 Å². The van der Waals surface area contributed by atoms with Crippen LogP contribution in [0.2, 0.25) is 0 Å². The second kappa shape index (κ2) is 7.75. The summed E-state index contributed by atoms with van der Waals surface area (Å²) >= 11 is 3.73. The third kappa shape index (κ3) is 4.95. The number of hydrogen-bond acceptors (Lipinski definition) is 2. The lowest BCUT2D eigenvalue weighted by Crippen LogP contribution is -1.82. The van der Waals surface area contributed by atoms with Gasteiger partial charge in [-0.2, -0.15) is 0 Å². The summed E-state index contributed by atoms with van der Waals surface area (Å²) in [7, 11) is 0. The van der Waals surface area contributed by atoms with Gasteiger partial charge in [0, 0.05) is 9.75 Å². The zero-order valence-corrected chi connectivity index (χ0v) is 13.8. The largest absolute Gasteiger partial charge is 0.149 e. The minimum Gasteiger partial charge on any atom is -0.149 e. The van der Waals surface area contributed by atoms with E-state index in [4.69, 9.17) is 0 Å². The van der Waals surface area contributed by atoms with Crippen molar-refractivity contribution in [3.8, 4) is 0 Å². The zero-order chi connectivity index (χ0) is 13.5. The molecule has 0 unspecified atom stereocenters. The molecule has 100 valence electrons. The molecular weight excluding hydrogens is 256 g/mol. The van der Waals surface area contributed by atoms with E-state index in [9.17, 15) is 0 Å². The lowest BCUT2D eigenvalue weighted by molar-refractivity contribution is 0.881. The number of thiophene rings is 2. The predicted octanol–water partition coefficient (Wildman–Crippen LogP) is 6.19. The molecule has 0 atom stereocenters. The minimum atomic E-state index is 0.699. The van der Waals surface area contributed by atoms with Crippen molar-refractivity contribution >= 4 is 22.7 Å². The molecule has 2 heteroatoms. The molecule has 0 fully saturated rings. The summed E-state index contributed by atoms with van der Waals surface area (Å²) in [6.45, 7) is 11.0. The quantitative estimate of drug-likeness (QED) is 0.629. The Balaban J connectivity index is 0.000000180. The summed E-state index contributed by atoms with van der Waals surface area (Å²) < 4.78 is 0. The molecule has 2 aromatic rings. The molecule has 2 rings (SSSR count). The van der Waals surface area contributed by atoms with Gasteiger partial charge in [-0.25, -0.2) is 0 Å². The second-order valence-electron chi connectivity index (χ2n) is 4.96. The number of hydrogen-bond donors (Lipinski definition) is 0. The van der Waals surface area contributed by atoms with Gasteiger partial charge in [-0.3, -0.25) is 0 Å². The minimum absolute atomic E-state index is 0.699. The Morgan fingerprint density at radius 2 is 1.89 bits per heavy atom. The van der Waals surface area contributed by atoms with Gasteiger partial charge < -0.3 is 0 Å². The molecule has 0 spiro atoms. The molecule has 0 aliphatic carbocycles. The average Bonchev–Trinajstić information content (AvgIpc) is 2.89. The van der Waals surface area contributed by atoms with E-state index in [1.54, 1.807) is 0 Å². The lowest BCUT2D eigenvalue weighted by atomic mass is 10.1. The third-order valence-corrected chi connectivity index (χ3v) is 5.14. The van der Waals surface area contributed by atoms with E-state index < -0.39 is 0 Å². The van der Waals surface area contributed by atoms with E-state index in [1.807, 2.05) is 22.7 Å². The van der Waals surface area contributed by atoms with E-state index in [1.165, 1.54) is 33.7 Å². The highest BCUT2D eigenvalue weighted by Crippen LogP contribution is 2.24. The first-order valence-corrected chi connectivity index (χ1v) is 8.38. The van der Waals surface area contributed by atoms with Crippen LogP contribution in [-0.2, 0) is 6.42 Å². The maximum absolute atomic E-state index is 2.27. The molecule has 0 saturated carbocycles. The second-order valence-corrected chi connectivity index (χ2v) is 6.91. The van der Waals surface area contributed by atoms with E-state index in [0.717, 1.165) is 0 Å². The van der Waals surface area contributed by atoms with Gasteiger partial charge in [0.2, 0.25) is 0 Å². The predicted molar refractivity (Wildman–Crippen MR) is 86.2 cm³/mol. The maximum atomic E-state index is 2.27.